The Bertz CT molecular complexity index is 1230. The minimum absolute atomic E-state index is 0.0993. The molecule has 6 nitrogen and oxygen atoms in total. The average molecular weight is 448 g/mol. The lowest BCUT2D eigenvalue weighted by atomic mass is 10.0. The first kappa shape index (κ1) is 19.5. The summed E-state index contributed by atoms with van der Waals surface area (Å²) in [7, 11) is 0. The lowest BCUT2D eigenvalue weighted by molar-refractivity contribution is 0.472. The molecule has 1 aromatic carbocycles. The van der Waals surface area contributed by atoms with E-state index in [0.29, 0.717) is 15.8 Å². The predicted octanol–water partition coefficient (Wildman–Crippen LogP) is 4.80. The van der Waals surface area contributed by atoms with Gasteiger partial charge in [0, 0.05) is 41.2 Å². The second-order valence-electron chi connectivity index (χ2n) is 7.14. The number of halogens is 1. The lowest BCUT2D eigenvalue weighted by Crippen LogP contribution is -2.30. The van der Waals surface area contributed by atoms with E-state index < -0.39 is 0 Å². The van der Waals surface area contributed by atoms with E-state index in [1.54, 1.807) is 36.8 Å². The number of benzene rings is 1. The fourth-order valence-electron chi connectivity index (χ4n) is 3.98. The van der Waals surface area contributed by atoms with E-state index in [1.165, 1.54) is 0 Å². The summed E-state index contributed by atoms with van der Waals surface area (Å²) in [4.78, 5) is 10.6. The zero-order valence-electron chi connectivity index (χ0n) is 16.3. The Balaban J connectivity index is 1.70. The first-order valence-corrected chi connectivity index (χ1v) is 10.5. The van der Waals surface area contributed by atoms with Crippen LogP contribution in [0.1, 0.15) is 23.5 Å². The van der Waals surface area contributed by atoms with Crippen LogP contribution >= 0.6 is 23.8 Å². The number of nitrogens with one attached hydrogen (secondary N) is 1. The number of aromatic hydroxyl groups is 1. The molecule has 8 heteroatoms. The normalized spacial score (nSPS) is 18.2. The third-order valence-electron chi connectivity index (χ3n) is 5.32. The molecule has 1 saturated heterocycles. The van der Waals surface area contributed by atoms with Gasteiger partial charge in [-0.1, -0.05) is 17.7 Å². The zero-order chi connectivity index (χ0) is 21.4. The summed E-state index contributed by atoms with van der Waals surface area (Å²) in [6, 6.07) is 18.2. The molecular formula is C23H18ClN5OS. The topological polar surface area (TPSA) is 66.2 Å². The quantitative estimate of drug-likeness (QED) is 0.438. The van der Waals surface area contributed by atoms with E-state index in [1.807, 2.05) is 53.6 Å². The van der Waals surface area contributed by atoms with Gasteiger partial charge in [0.25, 0.3) is 0 Å². The molecule has 0 spiro atoms. The molecule has 1 aliphatic rings. The van der Waals surface area contributed by atoms with Crippen LogP contribution in [0.4, 0.5) is 5.69 Å². The van der Waals surface area contributed by atoms with Crippen LogP contribution in [0.15, 0.2) is 85.5 Å². The number of rotatable bonds is 4. The van der Waals surface area contributed by atoms with Crippen molar-refractivity contribution in [2.24, 2.45) is 0 Å². The Kier molecular flexibility index (Phi) is 5.05. The fraction of sp³-hybridized carbons (Fsp3) is 0.0870. The summed E-state index contributed by atoms with van der Waals surface area (Å²) < 4.78 is 2.09. The van der Waals surface area contributed by atoms with Crippen LogP contribution in [0, 0.1) is 0 Å². The third kappa shape index (κ3) is 3.52. The lowest BCUT2D eigenvalue weighted by Gasteiger charge is -2.29. The van der Waals surface area contributed by atoms with Gasteiger partial charge in [-0.15, -0.1) is 0 Å². The van der Waals surface area contributed by atoms with E-state index in [2.05, 4.69) is 19.9 Å². The van der Waals surface area contributed by atoms with Crippen molar-refractivity contribution in [1.82, 2.24) is 19.9 Å². The number of aromatic nitrogens is 3. The molecular weight excluding hydrogens is 430 g/mol. The number of phenolic OH excluding ortho intramolecular Hbond substituents is 1. The Morgan fingerprint density at radius 1 is 1.00 bits per heavy atom. The maximum atomic E-state index is 10.7. The number of hydrogen-bond donors (Lipinski definition) is 2. The highest BCUT2D eigenvalue weighted by molar-refractivity contribution is 7.80. The smallest absolute Gasteiger partial charge is 0.174 e. The molecule has 2 N–H and O–H groups in total. The van der Waals surface area contributed by atoms with Crippen LogP contribution in [0.5, 0.6) is 5.75 Å². The number of pyridine rings is 2. The van der Waals surface area contributed by atoms with Gasteiger partial charge in [-0.05, 0) is 66.8 Å². The molecule has 3 aromatic heterocycles. The van der Waals surface area contributed by atoms with Crippen LogP contribution in [0.3, 0.4) is 0 Å². The molecule has 4 aromatic rings. The molecule has 0 amide bonds. The molecule has 0 radical (unpaired) electrons. The fourth-order valence-corrected chi connectivity index (χ4v) is 4.48. The van der Waals surface area contributed by atoms with Gasteiger partial charge < -0.3 is 19.9 Å². The minimum Gasteiger partial charge on any atom is -0.506 e. The van der Waals surface area contributed by atoms with E-state index >= 15 is 0 Å². The van der Waals surface area contributed by atoms with Crippen molar-refractivity contribution in [3.63, 3.8) is 0 Å². The third-order valence-corrected chi connectivity index (χ3v) is 5.87. The molecule has 0 aliphatic carbocycles. The van der Waals surface area contributed by atoms with Crippen LogP contribution in [0.25, 0.3) is 5.69 Å². The highest BCUT2D eigenvalue weighted by Crippen LogP contribution is 2.45. The Morgan fingerprint density at radius 3 is 2.61 bits per heavy atom. The summed E-state index contributed by atoms with van der Waals surface area (Å²) in [6.07, 6.45) is 7.27. The zero-order valence-corrected chi connectivity index (χ0v) is 17.8. The van der Waals surface area contributed by atoms with Crippen LogP contribution < -0.4 is 10.2 Å². The standard InChI is InChI=1S/C23H18ClN5OS/c24-15-6-7-20(30)19(14-15)29-22(21(27-23(29)31)17-4-1-2-10-26-17)18-5-3-13-28(18)16-8-11-25-12-9-16/h1-14,21-22,30H,(H,27,31)/t21-,22+/m1/s1. The molecule has 0 saturated carbocycles. The molecule has 1 aliphatic heterocycles. The summed E-state index contributed by atoms with van der Waals surface area (Å²) in [5.74, 6) is 0.0993. The van der Waals surface area contributed by atoms with Gasteiger partial charge in [0.15, 0.2) is 5.11 Å². The van der Waals surface area contributed by atoms with E-state index in [4.69, 9.17) is 23.8 Å². The second-order valence-corrected chi connectivity index (χ2v) is 7.96. The number of thiocarbonyl (C=S) groups is 1. The minimum atomic E-state index is -0.282. The Hall–Kier alpha value is -3.42. The van der Waals surface area contributed by atoms with Crippen molar-refractivity contribution >= 4 is 34.6 Å². The van der Waals surface area contributed by atoms with Gasteiger partial charge >= 0.3 is 0 Å². The molecule has 4 heterocycles. The number of phenols is 1. The highest BCUT2D eigenvalue weighted by Gasteiger charge is 2.43. The first-order valence-electron chi connectivity index (χ1n) is 9.70. The summed E-state index contributed by atoms with van der Waals surface area (Å²) in [5.41, 5.74) is 3.34. The maximum Gasteiger partial charge on any atom is 0.174 e. The van der Waals surface area contributed by atoms with E-state index in [-0.39, 0.29) is 17.8 Å². The molecule has 0 bridgehead atoms. The van der Waals surface area contributed by atoms with E-state index in [9.17, 15) is 5.11 Å². The number of hydrogen-bond acceptors (Lipinski definition) is 4. The Morgan fingerprint density at radius 2 is 1.84 bits per heavy atom. The van der Waals surface area contributed by atoms with Gasteiger partial charge in [0.2, 0.25) is 0 Å². The van der Waals surface area contributed by atoms with Crippen molar-refractivity contribution in [3.05, 3.63) is 102 Å². The van der Waals surface area contributed by atoms with Crippen molar-refractivity contribution < 1.29 is 5.11 Å². The second kappa shape index (κ2) is 8.02. The summed E-state index contributed by atoms with van der Waals surface area (Å²) >= 11 is 12.0. The monoisotopic (exact) mass is 447 g/mol. The van der Waals surface area contributed by atoms with Crippen LogP contribution in [-0.2, 0) is 0 Å². The molecule has 154 valence electrons. The molecule has 1 fully saturated rings. The summed E-state index contributed by atoms with van der Waals surface area (Å²) in [6.45, 7) is 0. The van der Waals surface area contributed by atoms with Crippen LogP contribution in [-0.4, -0.2) is 24.8 Å². The molecule has 5 rings (SSSR count). The Labute approximate surface area is 189 Å². The number of nitrogens with zero attached hydrogens (tertiary/aromatic N) is 4. The van der Waals surface area contributed by atoms with E-state index in [0.717, 1.165) is 17.1 Å². The van der Waals surface area contributed by atoms with Crippen LogP contribution in [0.2, 0.25) is 5.02 Å². The van der Waals surface area contributed by atoms with Crippen molar-refractivity contribution in [2.75, 3.05) is 4.90 Å². The summed E-state index contributed by atoms with van der Waals surface area (Å²) in [5, 5.41) is 15.1. The SMILES string of the molecule is Oc1ccc(Cl)cc1N1C(=S)N[C@H](c2ccccn2)[C@@H]1c1cccn1-c1ccncc1. The molecule has 0 unspecified atom stereocenters. The molecule has 31 heavy (non-hydrogen) atoms. The van der Waals surface area contributed by atoms with Crippen molar-refractivity contribution in [1.29, 1.82) is 0 Å². The highest BCUT2D eigenvalue weighted by atomic mass is 35.5. The van der Waals surface area contributed by atoms with Crippen molar-refractivity contribution in [3.8, 4) is 11.4 Å². The van der Waals surface area contributed by atoms with Gasteiger partial charge in [-0.3, -0.25) is 9.97 Å². The van der Waals surface area contributed by atoms with Gasteiger partial charge in [-0.2, -0.15) is 0 Å². The molecule has 2 atom stereocenters. The van der Waals surface area contributed by atoms with Gasteiger partial charge in [0.1, 0.15) is 11.8 Å². The maximum absolute atomic E-state index is 10.7. The van der Waals surface area contributed by atoms with Gasteiger partial charge in [-0.25, -0.2) is 0 Å². The van der Waals surface area contributed by atoms with Gasteiger partial charge in [0.05, 0.1) is 17.4 Å². The first-order chi connectivity index (χ1) is 15.1. The predicted molar refractivity (Wildman–Crippen MR) is 125 cm³/mol. The number of anilines is 1. The largest absolute Gasteiger partial charge is 0.506 e. The van der Waals surface area contributed by atoms with Crippen molar-refractivity contribution in [2.45, 2.75) is 12.1 Å². The average Bonchev–Trinajstić information content (AvgIpc) is 3.41.